The lowest BCUT2D eigenvalue weighted by Crippen LogP contribution is -2.35. The summed E-state index contributed by atoms with van der Waals surface area (Å²) >= 11 is 0. The second-order valence-electron chi connectivity index (χ2n) is 10.2. The molecule has 7 heteroatoms. The number of phenolic OH excluding ortho intramolecular Hbond substituents is 1. The predicted octanol–water partition coefficient (Wildman–Crippen LogP) is 6.01. The van der Waals surface area contributed by atoms with E-state index in [-0.39, 0.29) is 10.6 Å². The minimum atomic E-state index is -3.38. The molecule has 4 aromatic carbocycles. The van der Waals surface area contributed by atoms with Gasteiger partial charge in [-0.1, -0.05) is 36.8 Å². The minimum Gasteiger partial charge on any atom is -0.508 e. The highest BCUT2D eigenvalue weighted by Gasteiger charge is 2.30. The van der Waals surface area contributed by atoms with Crippen LogP contribution in [0.5, 0.6) is 17.2 Å². The summed E-state index contributed by atoms with van der Waals surface area (Å²) in [6, 6.07) is 22.8. The Morgan fingerprint density at radius 3 is 2.58 bits per heavy atom. The predicted molar refractivity (Wildman–Crippen MR) is 149 cm³/mol. The molecule has 2 aliphatic rings. The number of benzene rings is 4. The summed E-state index contributed by atoms with van der Waals surface area (Å²) in [4.78, 5) is 0.250. The third-order valence-corrected chi connectivity index (χ3v) is 8.66. The molecule has 196 valence electrons. The van der Waals surface area contributed by atoms with Gasteiger partial charge >= 0.3 is 0 Å². The van der Waals surface area contributed by atoms with Gasteiger partial charge in [-0.05, 0) is 90.2 Å². The van der Waals surface area contributed by atoms with Crippen LogP contribution in [0.15, 0.2) is 77.7 Å². The van der Waals surface area contributed by atoms with Crippen LogP contribution in [0.25, 0.3) is 21.9 Å². The van der Waals surface area contributed by atoms with Crippen molar-refractivity contribution in [3.8, 4) is 28.4 Å². The van der Waals surface area contributed by atoms with Gasteiger partial charge in [-0.3, -0.25) is 0 Å². The van der Waals surface area contributed by atoms with Crippen LogP contribution in [0.2, 0.25) is 0 Å². The fraction of sp³-hybridized carbons (Fsp3) is 0.290. The molecule has 0 aliphatic carbocycles. The van der Waals surface area contributed by atoms with Crippen molar-refractivity contribution in [3.63, 3.8) is 0 Å². The summed E-state index contributed by atoms with van der Waals surface area (Å²) in [5, 5.41) is 15.5. The van der Waals surface area contributed by atoms with Crippen LogP contribution in [-0.2, 0) is 9.84 Å². The van der Waals surface area contributed by atoms with Crippen molar-refractivity contribution in [2.45, 2.75) is 42.7 Å². The van der Waals surface area contributed by atoms with E-state index in [4.69, 9.17) is 9.47 Å². The lowest BCUT2D eigenvalue weighted by Gasteiger charge is -2.31. The summed E-state index contributed by atoms with van der Waals surface area (Å²) in [6.07, 6.45) is 5.54. The minimum absolute atomic E-state index is 0.190. The molecular formula is C31H31NO5S. The van der Waals surface area contributed by atoms with E-state index >= 15 is 0 Å². The zero-order valence-corrected chi connectivity index (χ0v) is 22.1. The zero-order chi connectivity index (χ0) is 26.3. The van der Waals surface area contributed by atoms with Gasteiger partial charge in [-0.15, -0.1) is 0 Å². The van der Waals surface area contributed by atoms with Gasteiger partial charge in [0.1, 0.15) is 17.2 Å². The Morgan fingerprint density at radius 1 is 0.974 bits per heavy atom. The van der Waals surface area contributed by atoms with Crippen molar-refractivity contribution in [2.75, 3.05) is 19.4 Å². The number of phenols is 1. The Morgan fingerprint density at radius 2 is 1.82 bits per heavy atom. The van der Waals surface area contributed by atoms with Crippen molar-refractivity contribution in [1.29, 1.82) is 0 Å². The number of hydrogen-bond acceptors (Lipinski definition) is 6. The van der Waals surface area contributed by atoms with Crippen molar-refractivity contribution in [1.82, 2.24) is 5.32 Å². The van der Waals surface area contributed by atoms with Gasteiger partial charge in [0.25, 0.3) is 0 Å². The smallest absolute Gasteiger partial charge is 0.175 e. The van der Waals surface area contributed by atoms with Gasteiger partial charge < -0.3 is 19.9 Å². The SMILES string of the molecule is CS(=O)(=O)c1ccc2c(c1)-c1ccc3cc(O)ccc3c1C(c1ccc(OCCC3CCCCN3)cc1)O2. The van der Waals surface area contributed by atoms with E-state index in [1.807, 2.05) is 42.5 Å². The summed E-state index contributed by atoms with van der Waals surface area (Å²) in [5.41, 5.74) is 3.56. The molecule has 0 saturated carbocycles. The van der Waals surface area contributed by atoms with Crippen molar-refractivity contribution in [2.24, 2.45) is 0 Å². The van der Waals surface area contributed by atoms with Crippen molar-refractivity contribution >= 4 is 20.6 Å². The average molecular weight is 530 g/mol. The molecule has 1 saturated heterocycles. The quantitative estimate of drug-likeness (QED) is 0.318. The number of sulfone groups is 1. The van der Waals surface area contributed by atoms with Gasteiger partial charge in [0.2, 0.25) is 0 Å². The Balaban J connectivity index is 1.35. The number of ether oxygens (including phenoxy) is 2. The Kier molecular flexibility index (Phi) is 6.50. The first-order chi connectivity index (χ1) is 18.4. The van der Waals surface area contributed by atoms with E-state index in [2.05, 4.69) is 5.32 Å². The molecule has 2 atom stereocenters. The van der Waals surface area contributed by atoms with Crippen LogP contribution in [0, 0.1) is 0 Å². The van der Waals surface area contributed by atoms with Crippen LogP contribution in [0.1, 0.15) is 42.9 Å². The molecule has 6 nitrogen and oxygen atoms in total. The van der Waals surface area contributed by atoms with Gasteiger partial charge in [0, 0.05) is 23.4 Å². The maximum Gasteiger partial charge on any atom is 0.175 e. The third kappa shape index (κ3) is 4.84. The summed E-state index contributed by atoms with van der Waals surface area (Å²) in [5.74, 6) is 1.64. The first-order valence-corrected chi connectivity index (χ1v) is 15.0. The fourth-order valence-corrected chi connectivity index (χ4v) is 6.21. The molecule has 4 aromatic rings. The summed E-state index contributed by atoms with van der Waals surface area (Å²) in [7, 11) is -3.38. The van der Waals surface area contributed by atoms with E-state index in [0.717, 1.165) is 51.7 Å². The standard InChI is InChI=1S/C31H31NO5S/c1-38(34,35)25-11-14-29-28(19-25)27-12-7-21-18-23(33)8-13-26(21)30(27)31(37-29)20-5-9-24(10-6-20)36-17-15-22-4-2-3-16-32-22/h5-14,18-19,22,31-33H,2-4,15-17H2,1H3. The molecule has 2 heterocycles. The van der Waals surface area contributed by atoms with Crippen molar-refractivity contribution < 1.29 is 23.0 Å². The molecule has 0 amide bonds. The highest BCUT2D eigenvalue weighted by Crippen LogP contribution is 2.48. The third-order valence-electron chi connectivity index (χ3n) is 7.55. The fourth-order valence-electron chi connectivity index (χ4n) is 5.56. The number of nitrogens with one attached hydrogen (secondary N) is 1. The maximum absolute atomic E-state index is 12.3. The highest BCUT2D eigenvalue weighted by molar-refractivity contribution is 7.90. The Labute approximate surface area is 223 Å². The van der Waals surface area contributed by atoms with Crippen molar-refractivity contribution in [3.05, 3.63) is 83.9 Å². The van der Waals surface area contributed by atoms with E-state index in [1.54, 1.807) is 30.3 Å². The lowest BCUT2D eigenvalue weighted by molar-refractivity contribution is 0.244. The number of fused-ring (bicyclic) bond motifs is 5. The van der Waals surface area contributed by atoms with Crippen LogP contribution in [-0.4, -0.2) is 39.0 Å². The lowest BCUT2D eigenvalue weighted by atomic mass is 9.86. The molecule has 2 unspecified atom stereocenters. The van der Waals surface area contributed by atoms with Gasteiger partial charge in [-0.25, -0.2) is 8.42 Å². The number of piperidine rings is 1. The largest absolute Gasteiger partial charge is 0.508 e. The maximum atomic E-state index is 12.3. The number of aromatic hydroxyl groups is 1. The average Bonchev–Trinajstić information content (AvgIpc) is 2.92. The molecule has 38 heavy (non-hydrogen) atoms. The molecular weight excluding hydrogens is 498 g/mol. The molecule has 2 aliphatic heterocycles. The van der Waals surface area contributed by atoms with Gasteiger partial charge in [0.05, 0.1) is 11.5 Å². The molecule has 6 rings (SSSR count). The first-order valence-electron chi connectivity index (χ1n) is 13.1. The topological polar surface area (TPSA) is 84.9 Å². The summed E-state index contributed by atoms with van der Waals surface area (Å²) in [6.45, 7) is 1.76. The second kappa shape index (κ2) is 9.97. The molecule has 0 aromatic heterocycles. The van der Waals surface area contributed by atoms with E-state index in [1.165, 1.54) is 25.5 Å². The van der Waals surface area contributed by atoms with E-state index < -0.39 is 15.9 Å². The molecule has 2 N–H and O–H groups in total. The van der Waals surface area contributed by atoms with Gasteiger partial charge in [0.15, 0.2) is 15.9 Å². The number of hydrogen-bond donors (Lipinski definition) is 2. The monoisotopic (exact) mass is 529 g/mol. The van der Waals surface area contributed by atoms with Crippen LogP contribution in [0.3, 0.4) is 0 Å². The van der Waals surface area contributed by atoms with Crippen LogP contribution < -0.4 is 14.8 Å². The highest BCUT2D eigenvalue weighted by atomic mass is 32.2. The molecule has 0 radical (unpaired) electrons. The Hall–Kier alpha value is -3.55. The Bertz CT molecular complexity index is 1590. The normalized spacial score (nSPS) is 18.9. The van der Waals surface area contributed by atoms with Crippen LogP contribution in [0.4, 0.5) is 0 Å². The summed E-state index contributed by atoms with van der Waals surface area (Å²) < 4.78 is 37.1. The zero-order valence-electron chi connectivity index (χ0n) is 21.3. The molecule has 0 bridgehead atoms. The van der Waals surface area contributed by atoms with E-state index in [0.29, 0.717) is 18.4 Å². The van der Waals surface area contributed by atoms with E-state index in [9.17, 15) is 13.5 Å². The first kappa shape index (κ1) is 24.8. The molecule has 0 spiro atoms. The number of rotatable bonds is 6. The molecule has 1 fully saturated rings. The van der Waals surface area contributed by atoms with Gasteiger partial charge in [-0.2, -0.15) is 0 Å². The second-order valence-corrected chi connectivity index (χ2v) is 12.2. The van der Waals surface area contributed by atoms with Crippen LogP contribution >= 0.6 is 0 Å².